The molecular weight excluding hydrogens is 406 g/mol. The topological polar surface area (TPSA) is 50.5 Å². The van der Waals surface area contributed by atoms with Gasteiger partial charge in [-0.3, -0.25) is 0 Å². The highest BCUT2D eigenvalue weighted by molar-refractivity contribution is 7.89. The number of piperidine rings is 1. The molecule has 31 heavy (non-hydrogen) atoms. The summed E-state index contributed by atoms with van der Waals surface area (Å²) in [5.74, 6) is 1.36. The van der Waals surface area contributed by atoms with Crippen molar-refractivity contribution in [3.8, 4) is 0 Å². The number of hydrogen-bond acceptors (Lipinski definition) is 3. The van der Waals surface area contributed by atoms with E-state index >= 15 is 0 Å². The third-order valence-corrected chi connectivity index (χ3v) is 8.88. The van der Waals surface area contributed by atoms with Crippen molar-refractivity contribution in [3.63, 3.8) is 0 Å². The molecule has 3 aromatic carbocycles. The van der Waals surface area contributed by atoms with Gasteiger partial charge in [-0.2, -0.15) is 4.31 Å². The Hall–Kier alpha value is -2.89. The Kier molecular flexibility index (Phi) is 3.98. The number of furan rings is 1. The van der Waals surface area contributed by atoms with Crippen LogP contribution in [0.1, 0.15) is 22.8 Å². The summed E-state index contributed by atoms with van der Waals surface area (Å²) in [7, 11) is -3.55. The molecule has 1 saturated carbocycles. The Morgan fingerprint density at radius 3 is 2.39 bits per heavy atom. The zero-order valence-electron chi connectivity index (χ0n) is 17.2. The van der Waals surface area contributed by atoms with Gasteiger partial charge in [0.25, 0.3) is 0 Å². The predicted molar refractivity (Wildman–Crippen MR) is 121 cm³/mol. The molecule has 1 aromatic heterocycles. The minimum atomic E-state index is -3.55. The summed E-state index contributed by atoms with van der Waals surface area (Å²) >= 11 is 0. The normalized spacial score (nSPS) is 25.6. The first kappa shape index (κ1) is 18.8. The molecule has 2 fully saturated rings. The van der Waals surface area contributed by atoms with Gasteiger partial charge in [0.15, 0.2) is 0 Å². The van der Waals surface area contributed by atoms with Gasteiger partial charge in [-0.05, 0) is 42.7 Å². The van der Waals surface area contributed by atoms with Crippen LogP contribution in [0.5, 0.6) is 0 Å². The smallest absolute Gasteiger partial charge is 0.243 e. The highest BCUT2D eigenvalue weighted by Gasteiger charge is 2.73. The molecule has 0 unspecified atom stereocenters. The van der Waals surface area contributed by atoms with Gasteiger partial charge in [-0.15, -0.1) is 0 Å². The van der Waals surface area contributed by atoms with E-state index in [0.29, 0.717) is 18.0 Å². The Morgan fingerprint density at radius 2 is 1.65 bits per heavy atom. The van der Waals surface area contributed by atoms with Crippen LogP contribution in [0.4, 0.5) is 0 Å². The monoisotopic (exact) mass is 429 g/mol. The summed E-state index contributed by atoms with van der Waals surface area (Å²) in [6.45, 7) is 2.91. The molecule has 4 nitrogen and oxygen atoms in total. The molecule has 2 aliphatic rings. The number of benzene rings is 3. The quantitative estimate of drug-likeness (QED) is 0.454. The van der Waals surface area contributed by atoms with Crippen molar-refractivity contribution in [2.24, 2.45) is 5.92 Å². The third-order valence-electron chi connectivity index (χ3n) is 7.05. The summed E-state index contributed by atoms with van der Waals surface area (Å²) in [6, 6.07) is 27.6. The molecule has 1 saturated heterocycles. The lowest BCUT2D eigenvalue weighted by Gasteiger charge is -2.23. The van der Waals surface area contributed by atoms with Gasteiger partial charge in [0.05, 0.1) is 10.3 Å². The molecule has 1 aliphatic heterocycles. The molecule has 156 valence electrons. The van der Waals surface area contributed by atoms with Crippen molar-refractivity contribution in [1.82, 2.24) is 4.31 Å². The number of aryl methyl sites for hydroxylation is 1. The number of nitrogens with zero attached hydrogens (tertiary/aromatic N) is 1. The molecule has 0 amide bonds. The first-order valence-electron chi connectivity index (χ1n) is 10.6. The van der Waals surface area contributed by atoms with Crippen molar-refractivity contribution < 1.29 is 12.8 Å². The van der Waals surface area contributed by atoms with E-state index in [2.05, 4.69) is 30.3 Å². The van der Waals surface area contributed by atoms with Crippen molar-refractivity contribution in [2.45, 2.75) is 23.2 Å². The SMILES string of the molecule is Cc1ccc(S(=O)(=O)N2C[C@H]3[C@H](c4ccccc4)[C@@]3(c3cc4ccccc4o3)C2)cc1. The molecule has 1 aliphatic carbocycles. The van der Waals surface area contributed by atoms with Crippen LogP contribution in [-0.2, 0) is 15.4 Å². The molecule has 2 heterocycles. The van der Waals surface area contributed by atoms with E-state index < -0.39 is 10.0 Å². The molecule has 4 aromatic rings. The van der Waals surface area contributed by atoms with Crippen LogP contribution in [-0.4, -0.2) is 25.8 Å². The van der Waals surface area contributed by atoms with Crippen LogP contribution in [0.2, 0.25) is 0 Å². The Morgan fingerprint density at radius 1 is 0.935 bits per heavy atom. The van der Waals surface area contributed by atoms with Gasteiger partial charge in [0, 0.05) is 24.4 Å². The van der Waals surface area contributed by atoms with Crippen LogP contribution in [0, 0.1) is 12.8 Å². The molecule has 0 N–H and O–H groups in total. The molecule has 6 rings (SSSR count). The van der Waals surface area contributed by atoms with Crippen molar-refractivity contribution in [3.05, 3.63) is 102 Å². The fourth-order valence-corrected chi connectivity index (χ4v) is 6.95. The van der Waals surface area contributed by atoms with E-state index in [4.69, 9.17) is 4.42 Å². The molecule has 0 spiro atoms. The van der Waals surface area contributed by atoms with Gasteiger partial charge < -0.3 is 4.42 Å². The largest absolute Gasteiger partial charge is 0.460 e. The Balaban J connectivity index is 1.42. The van der Waals surface area contributed by atoms with Gasteiger partial charge in [0.2, 0.25) is 10.0 Å². The maximum atomic E-state index is 13.4. The summed E-state index contributed by atoms with van der Waals surface area (Å²) < 4.78 is 34.7. The minimum absolute atomic E-state index is 0.204. The fourth-order valence-electron chi connectivity index (χ4n) is 5.44. The molecule has 5 heteroatoms. The second-order valence-corrected chi connectivity index (χ2v) is 10.7. The van der Waals surface area contributed by atoms with E-state index in [0.717, 1.165) is 22.3 Å². The van der Waals surface area contributed by atoms with Gasteiger partial charge >= 0.3 is 0 Å². The maximum Gasteiger partial charge on any atom is 0.243 e. The first-order chi connectivity index (χ1) is 15.0. The maximum absolute atomic E-state index is 13.4. The zero-order chi connectivity index (χ0) is 21.2. The third kappa shape index (κ3) is 2.73. The average molecular weight is 430 g/mol. The lowest BCUT2D eigenvalue weighted by molar-refractivity contribution is 0.397. The van der Waals surface area contributed by atoms with E-state index in [-0.39, 0.29) is 17.3 Å². The molecule has 0 radical (unpaired) electrons. The zero-order valence-corrected chi connectivity index (χ0v) is 18.0. The van der Waals surface area contributed by atoms with E-state index in [1.807, 2.05) is 49.4 Å². The Labute approximate surface area is 182 Å². The number of para-hydroxylation sites is 1. The van der Waals surface area contributed by atoms with Gasteiger partial charge in [0.1, 0.15) is 11.3 Å². The van der Waals surface area contributed by atoms with E-state index in [9.17, 15) is 8.42 Å². The first-order valence-corrected chi connectivity index (χ1v) is 12.0. The van der Waals surface area contributed by atoms with Crippen LogP contribution < -0.4 is 0 Å². The number of rotatable bonds is 4. The second kappa shape index (κ2) is 6.55. The summed E-state index contributed by atoms with van der Waals surface area (Å²) in [6.07, 6.45) is 0. The molecule has 3 atom stereocenters. The fraction of sp³-hybridized carbons (Fsp3) is 0.231. The van der Waals surface area contributed by atoms with Crippen molar-refractivity contribution in [2.75, 3.05) is 13.1 Å². The van der Waals surface area contributed by atoms with Crippen LogP contribution in [0.15, 0.2) is 94.2 Å². The van der Waals surface area contributed by atoms with Crippen molar-refractivity contribution in [1.29, 1.82) is 0 Å². The molecular formula is C26H23NO3S. The van der Waals surface area contributed by atoms with Crippen LogP contribution >= 0.6 is 0 Å². The number of fused-ring (bicyclic) bond motifs is 2. The lowest BCUT2D eigenvalue weighted by atomic mass is 9.96. The van der Waals surface area contributed by atoms with Crippen LogP contribution in [0.25, 0.3) is 11.0 Å². The standard InChI is InChI=1S/C26H23NO3S/c1-18-11-13-21(14-12-18)31(28,29)27-16-22-25(19-7-3-2-4-8-19)26(22,17-27)24-15-20-9-5-6-10-23(20)30-24/h2-15,22,25H,16-17H2,1H3/t22-,25-,26-/m0/s1. The predicted octanol–water partition coefficient (Wildman–Crippen LogP) is 5.10. The minimum Gasteiger partial charge on any atom is -0.460 e. The highest BCUT2D eigenvalue weighted by atomic mass is 32.2. The summed E-state index contributed by atoms with van der Waals surface area (Å²) in [5.41, 5.74) is 2.83. The lowest BCUT2D eigenvalue weighted by Crippen LogP contribution is -2.34. The van der Waals surface area contributed by atoms with Gasteiger partial charge in [-0.25, -0.2) is 8.42 Å². The molecule has 0 bridgehead atoms. The second-order valence-electron chi connectivity index (χ2n) is 8.79. The highest BCUT2D eigenvalue weighted by Crippen LogP contribution is 2.70. The van der Waals surface area contributed by atoms with E-state index in [1.54, 1.807) is 16.4 Å². The Bertz CT molecular complexity index is 1340. The average Bonchev–Trinajstić information content (AvgIpc) is 3.09. The van der Waals surface area contributed by atoms with Crippen LogP contribution in [0.3, 0.4) is 0 Å². The summed E-state index contributed by atoms with van der Waals surface area (Å²) in [4.78, 5) is 0.357. The number of hydrogen-bond donors (Lipinski definition) is 0. The van der Waals surface area contributed by atoms with Crippen molar-refractivity contribution >= 4 is 21.0 Å². The van der Waals surface area contributed by atoms with Gasteiger partial charge in [-0.1, -0.05) is 66.2 Å². The number of sulfonamides is 1. The van der Waals surface area contributed by atoms with E-state index in [1.165, 1.54) is 5.56 Å². The summed E-state index contributed by atoms with van der Waals surface area (Å²) in [5, 5.41) is 1.06.